The average molecular weight is 339 g/mol. The summed E-state index contributed by atoms with van der Waals surface area (Å²) in [4.78, 5) is 9.39. The lowest BCUT2D eigenvalue weighted by molar-refractivity contribution is 0.107. The SMILES string of the molecule is CC(C)c1ccc(-c2noc(CO/N=C\c3cccc(F)c3)n2)cc1. The van der Waals surface area contributed by atoms with Gasteiger partial charge in [-0.1, -0.05) is 60.6 Å². The lowest BCUT2D eigenvalue weighted by Gasteiger charge is -2.04. The van der Waals surface area contributed by atoms with Gasteiger partial charge in [0.2, 0.25) is 5.82 Å². The van der Waals surface area contributed by atoms with Crippen LogP contribution in [-0.2, 0) is 11.4 Å². The minimum atomic E-state index is -0.325. The molecule has 1 aromatic heterocycles. The van der Waals surface area contributed by atoms with E-state index in [1.54, 1.807) is 12.1 Å². The first kappa shape index (κ1) is 16.8. The largest absolute Gasteiger partial charge is 0.386 e. The summed E-state index contributed by atoms with van der Waals surface area (Å²) in [5, 5.41) is 7.71. The fourth-order valence-corrected chi connectivity index (χ4v) is 2.23. The molecule has 0 spiro atoms. The topological polar surface area (TPSA) is 60.5 Å². The van der Waals surface area contributed by atoms with E-state index < -0.39 is 0 Å². The van der Waals surface area contributed by atoms with Crippen molar-refractivity contribution >= 4 is 6.21 Å². The van der Waals surface area contributed by atoms with Crippen molar-refractivity contribution < 1.29 is 13.8 Å². The Bertz CT molecular complexity index is 857. The van der Waals surface area contributed by atoms with Crippen LogP contribution in [0.4, 0.5) is 4.39 Å². The Morgan fingerprint density at radius 2 is 2.00 bits per heavy atom. The zero-order chi connectivity index (χ0) is 17.6. The van der Waals surface area contributed by atoms with Crippen molar-refractivity contribution in [3.05, 3.63) is 71.4 Å². The summed E-state index contributed by atoms with van der Waals surface area (Å²) in [6.07, 6.45) is 1.42. The summed E-state index contributed by atoms with van der Waals surface area (Å²) in [7, 11) is 0. The normalized spacial score (nSPS) is 11.4. The Hall–Kier alpha value is -3.02. The van der Waals surface area contributed by atoms with Crippen LogP contribution >= 0.6 is 0 Å². The van der Waals surface area contributed by atoms with E-state index in [1.807, 2.05) is 12.1 Å². The molecule has 0 unspecified atom stereocenters. The molecule has 0 bridgehead atoms. The quantitative estimate of drug-likeness (QED) is 0.488. The molecule has 0 saturated carbocycles. The molecule has 25 heavy (non-hydrogen) atoms. The van der Waals surface area contributed by atoms with Crippen molar-refractivity contribution in [3.63, 3.8) is 0 Å². The molecule has 1 heterocycles. The van der Waals surface area contributed by atoms with Gasteiger partial charge < -0.3 is 9.36 Å². The van der Waals surface area contributed by atoms with Gasteiger partial charge in [-0.3, -0.25) is 0 Å². The molecule has 0 radical (unpaired) electrons. The van der Waals surface area contributed by atoms with Gasteiger partial charge in [-0.05, 0) is 29.2 Å². The Kier molecular flexibility index (Phi) is 5.18. The van der Waals surface area contributed by atoms with Crippen LogP contribution in [0.5, 0.6) is 0 Å². The van der Waals surface area contributed by atoms with Gasteiger partial charge in [0.1, 0.15) is 5.82 Å². The highest BCUT2D eigenvalue weighted by Crippen LogP contribution is 2.20. The van der Waals surface area contributed by atoms with E-state index in [1.165, 1.54) is 23.9 Å². The van der Waals surface area contributed by atoms with Crippen LogP contribution < -0.4 is 0 Å². The summed E-state index contributed by atoms with van der Waals surface area (Å²) in [6.45, 7) is 4.33. The lowest BCUT2D eigenvalue weighted by atomic mass is 10.0. The molecule has 0 fully saturated rings. The van der Waals surface area contributed by atoms with Gasteiger partial charge in [-0.25, -0.2) is 4.39 Å². The van der Waals surface area contributed by atoms with Crippen LogP contribution in [0.1, 0.15) is 36.8 Å². The Labute approximate surface area is 145 Å². The predicted molar refractivity (Wildman–Crippen MR) is 92.6 cm³/mol. The van der Waals surface area contributed by atoms with Gasteiger partial charge in [0.15, 0.2) is 6.61 Å². The zero-order valence-electron chi connectivity index (χ0n) is 14.0. The number of nitrogens with zero attached hydrogens (tertiary/aromatic N) is 3. The van der Waals surface area contributed by atoms with Crippen LogP contribution in [0, 0.1) is 5.82 Å². The van der Waals surface area contributed by atoms with Crippen molar-refractivity contribution in [3.8, 4) is 11.4 Å². The second-order valence-electron chi connectivity index (χ2n) is 5.85. The number of oxime groups is 1. The highest BCUT2D eigenvalue weighted by Gasteiger charge is 2.09. The van der Waals surface area contributed by atoms with E-state index in [-0.39, 0.29) is 12.4 Å². The van der Waals surface area contributed by atoms with Gasteiger partial charge in [-0.2, -0.15) is 4.98 Å². The zero-order valence-corrected chi connectivity index (χ0v) is 14.0. The molecule has 0 N–H and O–H groups in total. The van der Waals surface area contributed by atoms with Gasteiger partial charge in [0, 0.05) is 5.56 Å². The monoisotopic (exact) mass is 339 g/mol. The Morgan fingerprint density at radius 1 is 1.20 bits per heavy atom. The summed E-state index contributed by atoms with van der Waals surface area (Å²) in [5.41, 5.74) is 2.74. The number of halogens is 1. The molecule has 6 heteroatoms. The fraction of sp³-hybridized carbons (Fsp3) is 0.211. The Balaban J connectivity index is 1.58. The molecule has 0 aliphatic carbocycles. The van der Waals surface area contributed by atoms with Gasteiger partial charge in [0.05, 0.1) is 6.21 Å². The smallest absolute Gasteiger partial charge is 0.267 e. The number of hydrogen-bond donors (Lipinski definition) is 0. The summed E-state index contributed by atoms with van der Waals surface area (Å²) >= 11 is 0. The maximum atomic E-state index is 13.0. The number of rotatable bonds is 6. The first-order chi connectivity index (χ1) is 12.1. The first-order valence-corrected chi connectivity index (χ1v) is 7.95. The van der Waals surface area contributed by atoms with Crippen LogP contribution in [-0.4, -0.2) is 16.4 Å². The van der Waals surface area contributed by atoms with E-state index in [0.29, 0.717) is 23.2 Å². The third-order valence-electron chi connectivity index (χ3n) is 3.62. The van der Waals surface area contributed by atoms with Crippen LogP contribution in [0.3, 0.4) is 0 Å². The van der Waals surface area contributed by atoms with E-state index in [0.717, 1.165) is 5.56 Å². The van der Waals surface area contributed by atoms with Crippen LogP contribution in [0.25, 0.3) is 11.4 Å². The molecule has 0 aliphatic heterocycles. The summed E-state index contributed by atoms with van der Waals surface area (Å²) in [5.74, 6) is 0.968. The third-order valence-corrected chi connectivity index (χ3v) is 3.62. The molecular formula is C19H18FN3O2. The van der Waals surface area contributed by atoms with Crippen molar-refractivity contribution in [1.29, 1.82) is 0 Å². The van der Waals surface area contributed by atoms with E-state index in [4.69, 9.17) is 9.36 Å². The highest BCUT2D eigenvalue weighted by molar-refractivity contribution is 5.78. The average Bonchev–Trinajstić information content (AvgIpc) is 3.08. The van der Waals surface area contributed by atoms with Gasteiger partial charge >= 0.3 is 0 Å². The van der Waals surface area contributed by atoms with Gasteiger partial charge in [-0.15, -0.1) is 0 Å². The first-order valence-electron chi connectivity index (χ1n) is 7.95. The second kappa shape index (κ2) is 7.70. The van der Waals surface area contributed by atoms with E-state index in [2.05, 4.69) is 41.3 Å². The van der Waals surface area contributed by atoms with Crippen molar-refractivity contribution in [2.24, 2.45) is 5.16 Å². The van der Waals surface area contributed by atoms with Crippen molar-refractivity contribution in [1.82, 2.24) is 10.1 Å². The molecule has 5 nitrogen and oxygen atoms in total. The summed E-state index contributed by atoms with van der Waals surface area (Å²) in [6, 6.07) is 14.1. The van der Waals surface area contributed by atoms with Crippen molar-refractivity contribution in [2.45, 2.75) is 26.4 Å². The number of benzene rings is 2. The third kappa shape index (κ3) is 4.50. The number of hydrogen-bond acceptors (Lipinski definition) is 5. The molecule has 3 rings (SSSR count). The molecular weight excluding hydrogens is 321 g/mol. The maximum absolute atomic E-state index is 13.0. The van der Waals surface area contributed by atoms with E-state index in [9.17, 15) is 4.39 Å². The highest BCUT2D eigenvalue weighted by atomic mass is 19.1. The standard InChI is InChI=1S/C19H18FN3O2/c1-13(2)15-6-8-16(9-7-15)19-22-18(25-23-19)12-24-21-11-14-4-3-5-17(20)10-14/h3-11,13H,12H2,1-2H3/b21-11-. The molecule has 0 amide bonds. The minimum absolute atomic E-state index is 0.0445. The number of aromatic nitrogens is 2. The second-order valence-corrected chi connectivity index (χ2v) is 5.85. The fourth-order valence-electron chi connectivity index (χ4n) is 2.23. The predicted octanol–water partition coefficient (Wildman–Crippen LogP) is 4.55. The molecule has 2 aromatic carbocycles. The van der Waals surface area contributed by atoms with E-state index >= 15 is 0 Å². The molecule has 0 aliphatic rings. The van der Waals surface area contributed by atoms with Gasteiger partial charge in [0.25, 0.3) is 5.89 Å². The molecule has 128 valence electrons. The molecule has 0 atom stereocenters. The van der Waals surface area contributed by atoms with Crippen LogP contribution in [0.2, 0.25) is 0 Å². The maximum Gasteiger partial charge on any atom is 0.267 e. The summed E-state index contributed by atoms with van der Waals surface area (Å²) < 4.78 is 18.2. The lowest BCUT2D eigenvalue weighted by Crippen LogP contribution is -1.90. The Morgan fingerprint density at radius 3 is 2.72 bits per heavy atom. The molecule has 3 aromatic rings. The molecule has 0 saturated heterocycles. The minimum Gasteiger partial charge on any atom is -0.386 e. The van der Waals surface area contributed by atoms with Crippen molar-refractivity contribution in [2.75, 3.05) is 0 Å². The van der Waals surface area contributed by atoms with Crippen LogP contribution in [0.15, 0.2) is 58.2 Å².